The molecule has 0 saturated carbocycles. The lowest BCUT2D eigenvalue weighted by atomic mass is 10.2. The van der Waals surface area contributed by atoms with Crippen LogP contribution in [0.5, 0.6) is 0 Å². The van der Waals surface area contributed by atoms with E-state index in [-0.39, 0.29) is 10.8 Å². The number of halogens is 2. The quantitative estimate of drug-likeness (QED) is 0.523. The molecule has 1 heterocycles. The van der Waals surface area contributed by atoms with Crippen molar-refractivity contribution in [3.63, 3.8) is 0 Å². The Morgan fingerprint density at radius 3 is 2.47 bits per heavy atom. The van der Waals surface area contributed by atoms with Crippen molar-refractivity contribution in [3.8, 4) is 0 Å². The molecule has 0 aliphatic rings. The van der Waals surface area contributed by atoms with Crippen LogP contribution in [0.1, 0.15) is 11.3 Å². The van der Waals surface area contributed by atoms with Crippen molar-refractivity contribution in [3.05, 3.63) is 82.1 Å². The van der Waals surface area contributed by atoms with Crippen molar-refractivity contribution in [2.24, 2.45) is 0 Å². The summed E-state index contributed by atoms with van der Waals surface area (Å²) in [5, 5.41) is 3.57. The third-order valence-corrected chi connectivity index (χ3v) is 5.74. The van der Waals surface area contributed by atoms with Crippen LogP contribution < -0.4 is 10.0 Å². The minimum Gasteiger partial charge on any atom is -0.323 e. The van der Waals surface area contributed by atoms with E-state index >= 15 is 0 Å². The molecule has 0 atom stereocenters. The fourth-order valence-corrected chi connectivity index (χ4v) is 3.80. The zero-order valence-corrected chi connectivity index (χ0v) is 18.0. The van der Waals surface area contributed by atoms with Crippen molar-refractivity contribution in [1.29, 1.82) is 0 Å². The van der Waals surface area contributed by atoms with Gasteiger partial charge in [-0.05, 0) is 61.0 Å². The Hall–Kier alpha value is -2.94. The summed E-state index contributed by atoms with van der Waals surface area (Å²) in [6.45, 7) is 1.73. The molecule has 1 aromatic heterocycles. The van der Waals surface area contributed by atoms with Crippen molar-refractivity contribution < 1.29 is 13.2 Å². The molecule has 0 aliphatic carbocycles. The number of nitrogens with zero attached hydrogens (tertiary/aromatic N) is 2. The number of hydrogen-bond acceptors (Lipinski definition) is 5. The van der Waals surface area contributed by atoms with Gasteiger partial charge in [-0.1, -0.05) is 29.3 Å². The van der Waals surface area contributed by atoms with E-state index in [4.69, 9.17) is 23.2 Å². The number of carbonyl (C=O) groups is 1. The summed E-state index contributed by atoms with van der Waals surface area (Å²) in [6, 6.07) is 12.3. The van der Waals surface area contributed by atoms with E-state index in [0.29, 0.717) is 27.0 Å². The molecule has 3 aromatic rings. The fourth-order valence-electron chi connectivity index (χ4n) is 2.38. The van der Waals surface area contributed by atoms with Gasteiger partial charge in [0.05, 0.1) is 4.90 Å². The standard InChI is InChI=1S/C20H16Cl2N4O3S/c1-13-10-11-23-20(24-13)26-30(28,29)17-7-5-16(6-8-17)25-19(27)9-3-14-2-4-15(21)12-18(14)22/h2-12H,1H3,(H,25,27)(H,23,24,26)/b9-3+. The topological polar surface area (TPSA) is 101 Å². The van der Waals surface area contributed by atoms with Gasteiger partial charge in [0.2, 0.25) is 11.9 Å². The van der Waals surface area contributed by atoms with Gasteiger partial charge in [0.15, 0.2) is 0 Å². The predicted molar refractivity (Wildman–Crippen MR) is 118 cm³/mol. The number of amides is 1. The van der Waals surface area contributed by atoms with Gasteiger partial charge in [0.25, 0.3) is 10.0 Å². The number of hydrogen-bond donors (Lipinski definition) is 2. The lowest BCUT2D eigenvalue weighted by Gasteiger charge is -2.08. The number of aromatic nitrogens is 2. The van der Waals surface area contributed by atoms with E-state index in [1.165, 1.54) is 36.5 Å². The molecular weight excluding hydrogens is 447 g/mol. The SMILES string of the molecule is Cc1ccnc(NS(=O)(=O)c2ccc(NC(=O)/C=C/c3ccc(Cl)cc3Cl)cc2)n1. The molecule has 10 heteroatoms. The van der Waals surface area contributed by atoms with Gasteiger partial charge in [-0.15, -0.1) is 0 Å². The first-order chi connectivity index (χ1) is 14.2. The summed E-state index contributed by atoms with van der Waals surface area (Å²) in [6.07, 6.45) is 4.33. The van der Waals surface area contributed by atoms with Crippen LogP contribution in [-0.2, 0) is 14.8 Å². The van der Waals surface area contributed by atoms with Crippen molar-refractivity contribution in [2.75, 3.05) is 10.0 Å². The second-order valence-electron chi connectivity index (χ2n) is 6.14. The molecule has 3 rings (SSSR count). The molecular formula is C20H16Cl2N4O3S. The second-order valence-corrected chi connectivity index (χ2v) is 8.67. The maximum Gasteiger partial charge on any atom is 0.264 e. The van der Waals surface area contributed by atoms with Crippen LogP contribution in [0.3, 0.4) is 0 Å². The van der Waals surface area contributed by atoms with Gasteiger partial charge in [0, 0.05) is 33.7 Å². The predicted octanol–water partition coefficient (Wildman–Crippen LogP) is 4.54. The number of benzene rings is 2. The number of anilines is 2. The van der Waals surface area contributed by atoms with E-state index in [1.807, 2.05) is 0 Å². The first-order valence-corrected chi connectivity index (χ1v) is 10.8. The van der Waals surface area contributed by atoms with E-state index < -0.39 is 15.9 Å². The van der Waals surface area contributed by atoms with Crippen LogP contribution in [0.4, 0.5) is 11.6 Å². The van der Waals surface area contributed by atoms with Crippen molar-refractivity contribution in [2.45, 2.75) is 11.8 Å². The molecule has 1 amide bonds. The average molecular weight is 463 g/mol. The molecule has 2 aromatic carbocycles. The summed E-state index contributed by atoms with van der Waals surface area (Å²) >= 11 is 11.9. The molecule has 0 radical (unpaired) electrons. The van der Waals surface area contributed by atoms with Crippen LogP contribution in [0.15, 0.2) is 65.7 Å². The lowest BCUT2D eigenvalue weighted by Crippen LogP contribution is -2.15. The summed E-state index contributed by atoms with van der Waals surface area (Å²) in [5.74, 6) is -0.415. The summed E-state index contributed by atoms with van der Waals surface area (Å²) in [5.41, 5.74) is 1.70. The molecule has 7 nitrogen and oxygen atoms in total. The third kappa shape index (κ3) is 5.79. The molecule has 154 valence electrons. The van der Waals surface area contributed by atoms with E-state index in [9.17, 15) is 13.2 Å². The molecule has 2 N–H and O–H groups in total. The molecule has 30 heavy (non-hydrogen) atoms. The lowest BCUT2D eigenvalue weighted by molar-refractivity contribution is -0.111. The number of rotatable bonds is 6. The highest BCUT2D eigenvalue weighted by atomic mass is 35.5. The van der Waals surface area contributed by atoms with E-state index in [2.05, 4.69) is 20.0 Å². The third-order valence-electron chi connectivity index (χ3n) is 3.83. The molecule has 0 bridgehead atoms. The minimum absolute atomic E-state index is 0.00842. The minimum atomic E-state index is -3.86. The first kappa shape index (κ1) is 21.8. The van der Waals surface area contributed by atoms with Crippen LogP contribution >= 0.6 is 23.2 Å². The molecule has 0 spiro atoms. The number of nitrogens with one attached hydrogen (secondary N) is 2. The van der Waals surface area contributed by atoms with Crippen LogP contribution in [0, 0.1) is 6.92 Å². The molecule has 0 fully saturated rings. The van der Waals surface area contributed by atoms with Gasteiger partial charge in [-0.25, -0.2) is 23.1 Å². The van der Waals surface area contributed by atoms with Gasteiger partial charge < -0.3 is 5.32 Å². The maximum atomic E-state index is 12.5. The Morgan fingerprint density at radius 1 is 1.07 bits per heavy atom. The summed E-state index contributed by atoms with van der Waals surface area (Å²) < 4.78 is 27.2. The fraction of sp³-hybridized carbons (Fsp3) is 0.0500. The van der Waals surface area contributed by atoms with Crippen molar-refractivity contribution >= 4 is 56.8 Å². The van der Waals surface area contributed by atoms with Gasteiger partial charge in [0.1, 0.15) is 0 Å². The zero-order chi connectivity index (χ0) is 21.7. The Kier molecular flexibility index (Phi) is 6.71. The monoisotopic (exact) mass is 462 g/mol. The van der Waals surface area contributed by atoms with Crippen molar-refractivity contribution in [1.82, 2.24) is 9.97 Å². The number of carbonyl (C=O) groups excluding carboxylic acids is 1. The Balaban J connectivity index is 1.66. The molecule has 0 saturated heterocycles. The highest BCUT2D eigenvalue weighted by Gasteiger charge is 2.15. The summed E-state index contributed by atoms with van der Waals surface area (Å²) in [4.78, 5) is 20.0. The van der Waals surface area contributed by atoms with E-state index in [1.54, 1.807) is 37.3 Å². The second kappa shape index (κ2) is 9.25. The first-order valence-electron chi connectivity index (χ1n) is 8.59. The van der Waals surface area contributed by atoms with E-state index in [0.717, 1.165) is 0 Å². The number of sulfonamides is 1. The Labute approximate surface area is 183 Å². The van der Waals surface area contributed by atoms with Gasteiger partial charge >= 0.3 is 0 Å². The Bertz CT molecular complexity index is 1210. The summed E-state index contributed by atoms with van der Waals surface area (Å²) in [7, 11) is -3.86. The largest absolute Gasteiger partial charge is 0.323 e. The molecule has 0 aliphatic heterocycles. The maximum absolute atomic E-state index is 12.5. The average Bonchev–Trinajstić information content (AvgIpc) is 2.67. The molecule has 0 unspecified atom stereocenters. The highest BCUT2D eigenvalue weighted by Crippen LogP contribution is 2.22. The van der Waals surface area contributed by atoms with Gasteiger partial charge in [-0.3, -0.25) is 4.79 Å². The smallest absolute Gasteiger partial charge is 0.264 e. The number of aryl methyl sites for hydroxylation is 1. The van der Waals surface area contributed by atoms with Crippen LogP contribution in [-0.4, -0.2) is 24.3 Å². The van der Waals surface area contributed by atoms with Crippen LogP contribution in [0.25, 0.3) is 6.08 Å². The highest BCUT2D eigenvalue weighted by molar-refractivity contribution is 7.92. The normalized spacial score (nSPS) is 11.4. The van der Waals surface area contributed by atoms with Gasteiger partial charge in [-0.2, -0.15) is 0 Å². The van der Waals surface area contributed by atoms with Crippen LogP contribution in [0.2, 0.25) is 10.0 Å². The zero-order valence-electron chi connectivity index (χ0n) is 15.6. The Morgan fingerprint density at radius 2 is 1.80 bits per heavy atom.